The van der Waals surface area contributed by atoms with E-state index >= 15 is 0 Å². The fraction of sp³-hybridized carbons (Fsp3) is 0.450. The molecule has 32 heavy (non-hydrogen) atoms. The van der Waals surface area contributed by atoms with Crippen molar-refractivity contribution >= 4 is 28.7 Å². The minimum Gasteiger partial charge on any atom is -0.405 e. The number of anilines is 1. The molecule has 0 saturated heterocycles. The molecule has 12 heteroatoms. The molecule has 2 aromatic heterocycles. The van der Waals surface area contributed by atoms with Crippen molar-refractivity contribution in [2.24, 2.45) is 5.92 Å². The quantitative estimate of drug-likeness (QED) is 0.506. The summed E-state index contributed by atoms with van der Waals surface area (Å²) < 4.78 is 43.6. The first-order valence-electron chi connectivity index (χ1n) is 10.1. The van der Waals surface area contributed by atoms with Gasteiger partial charge in [-0.15, -0.1) is 13.2 Å². The van der Waals surface area contributed by atoms with Crippen LogP contribution in [0, 0.1) is 5.92 Å². The Bertz CT molecular complexity index is 1160. The van der Waals surface area contributed by atoms with Crippen LogP contribution in [0.1, 0.15) is 31.2 Å². The molecular formula is C20H21ClF3N5O3. The van der Waals surface area contributed by atoms with Crippen LogP contribution >= 0.6 is 11.6 Å². The van der Waals surface area contributed by atoms with Crippen molar-refractivity contribution in [3.05, 3.63) is 45.5 Å². The maximum absolute atomic E-state index is 12.8. The molecule has 0 atom stereocenters. The van der Waals surface area contributed by atoms with Gasteiger partial charge in [0, 0.05) is 17.1 Å². The zero-order valence-electron chi connectivity index (χ0n) is 16.8. The van der Waals surface area contributed by atoms with E-state index in [2.05, 4.69) is 25.0 Å². The monoisotopic (exact) mass is 471 g/mol. The Labute approximate surface area is 185 Å². The van der Waals surface area contributed by atoms with E-state index in [-0.39, 0.29) is 28.9 Å². The van der Waals surface area contributed by atoms with Gasteiger partial charge < -0.3 is 20.1 Å². The Morgan fingerprint density at radius 3 is 2.75 bits per heavy atom. The molecule has 8 nitrogen and oxygen atoms in total. The number of benzene rings is 1. The minimum absolute atomic E-state index is 0.0757. The molecule has 2 heterocycles. The van der Waals surface area contributed by atoms with Crippen LogP contribution in [-0.2, 0) is 6.54 Å². The number of halogens is 4. The first-order valence-corrected chi connectivity index (χ1v) is 10.5. The number of fused-ring (bicyclic) bond motifs is 1. The highest BCUT2D eigenvalue weighted by molar-refractivity contribution is 6.30. The lowest BCUT2D eigenvalue weighted by atomic mass is 9.87. The van der Waals surface area contributed by atoms with E-state index in [0.29, 0.717) is 23.9 Å². The van der Waals surface area contributed by atoms with Gasteiger partial charge in [-0.05, 0) is 49.8 Å². The fourth-order valence-electron chi connectivity index (χ4n) is 3.83. The van der Waals surface area contributed by atoms with E-state index in [1.54, 1.807) is 0 Å². The molecule has 1 aromatic carbocycles. The van der Waals surface area contributed by atoms with E-state index in [9.17, 15) is 23.1 Å². The molecule has 3 aromatic rings. The molecule has 1 saturated carbocycles. The Morgan fingerprint density at radius 2 is 2.03 bits per heavy atom. The van der Waals surface area contributed by atoms with Gasteiger partial charge in [0.1, 0.15) is 11.3 Å². The average Bonchev–Trinajstić information content (AvgIpc) is 3.03. The summed E-state index contributed by atoms with van der Waals surface area (Å²) in [6.07, 6.45) is -0.396. The predicted octanol–water partition coefficient (Wildman–Crippen LogP) is 3.68. The summed E-state index contributed by atoms with van der Waals surface area (Å²) in [5, 5.41) is 13.0. The number of hydrogen-bond acceptors (Lipinski definition) is 6. The molecule has 0 bridgehead atoms. The van der Waals surface area contributed by atoms with Crippen LogP contribution in [0.5, 0.6) is 5.75 Å². The number of rotatable bonds is 6. The summed E-state index contributed by atoms with van der Waals surface area (Å²) in [6, 6.07) is 3.69. The van der Waals surface area contributed by atoms with E-state index in [1.165, 1.54) is 22.9 Å². The number of ether oxygens (including phenoxy) is 1. The van der Waals surface area contributed by atoms with Gasteiger partial charge in [0.2, 0.25) is 5.95 Å². The van der Waals surface area contributed by atoms with E-state index < -0.39 is 17.8 Å². The molecule has 1 aliphatic carbocycles. The SMILES string of the molecule is O=c1[nH]c2cnc(NCC3CCC(O)CC3)nc2n1Cc1cc(Cl)ccc1OC(F)(F)F. The lowest BCUT2D eigenvalue weighted by molar-refractivity contribution is -0.274. The number of nitrogens with one attached hydrogen (secondary N) is 2. The van der Waals surface area contributed by atoms with Crippen molar-refractivity contribution in [1.82, 2.24) is 19.5 Å². The van der Waals surface area contributed by atoms with Crippen LogP contribution in [0.25, 0.3) is 11.2 Å². The predicted molar refractivity (Wildman–Crippen MR) is 112 cm³/mol. The van der Waals surface area contributed by atoms with Crippen molar-refractivity contribution < 1.29 is 23.0 Å². The Kier molecular flexibility index (Phi) is 6.29. The second-order valence-corrected chi connectivity index (χ2v) is 8.24. The Balaban J connectivity index is 1.58. The largest absolute Gasteiger partial charge is 0.573 e. The number of imidazole rings is 1. The highest BCUT2D eigenvalue weighted by Crippen LogP contribution is 2.30. The van der Waals surface area contributed by atoms with Crippen LogP contribution < -0.4 is 15.7 Å². The van der Waals surface area contributed by atoms with Crippen LogP contribution in [0.3, 0.4) is 0 Å². The van der Waals surface area contributed by atoms with Gasteiger partial charge in [-0.2, -0.15) is 4.98 Å². The number of aliphatic hydroxyl groups is 1. The van der Waals surface area contributed by atoms with Gasteiger partial charge in [-0.3, -0.25) is 4.57 Å². The molecule has 1 fully saturated rings. The normalized spacial score (nSPS) is 19.3. The second kappa shape index (κ2) is 8.99. The highest BCUT2D eigenvalue weighted by Gasteiger charge is 2.32. The van der Waals surface area contributed by atoms with E-state index in [1.807, 2.05) is 0 Å². The maximum atomic E-state index is 12.8. The minimum atomic E-state index is -4.89. The summed E-state index contributed by atoms with van der Waals surface area (Å²) in [7, 11) is 0. The third kappa shape index (κ3) is 5.33. The first kappa shape index (κ1) is 22.4. The zero-order chi connectivity index (χ0) is 22.9. The molecule has 3 N–H and O–H groups in total. The van der Waals surface area contributed by atoms with Gasteiger partial charge in [-0.25, -0.2) is 9.78 Å². The third-order valence-corrected chi connectivity index (χ3v) is 5.69. The summed E-state index contributed by atoms with van der Waals surface area (Å²) in [4.78, 5) is 23.6. The van der Waals surface area contributed by atoms with Crippen molar-refractivity contribution in [3.8, 4) is 5.75 Å². The number of hydrogen-bond donors (Lipinski definition) is 3. The van der Waals surface area contributed by atoms with Crippen molar-refractivity contribution in [2.75, 3.05) is 11.9 Å². The number of H-pyrrole nitrogens is 1. The number of alkyl halides is 3. The lowest BCUT2D eigenvalue weighted by Gasteiger charge is -2.25. The average molecular weight is 472 g/mol. The van der Waals surface area contributed by atoms with E-state index in [4.69, 9.17) is 11.6 Å². The van der Waals surface area contributed by atoms with Crippen LogP contribution in [0.15, 0.2) is 29.2 Å². The lowest BCUT2D eigenvalue weighted by Crippen LogP contribution is -2.24. The molecule has 172 valence electrons. The van der Waals surface area contributed by atoms with Crippen LogP contribution in [0.4, 0.5) is 19.1 Å². The molecular weight excluding hydrogens is 451 g/mol. The number of aromatic amines is 1. The van der Waals surface area contributed by atoms with Gasteiger partial charge in [0.15, 0.2) is 5.65 Å². The van der Waals surface area contributed by atoms with Gasteiger partial charge in [-0.1, -0.05) is 11.6 Å². The second-order valence-electron chi connectivity index (χ2n) is 7.80. The smallest absolute Gasteiger partial charge is 0.405 e. The van der Waals surface area contributed by atoms with Gasteiger partial charge >= 0.3 is 12.1 Å². The number of nitrogens with zero attached hydrogens (tertiary/aromatic N) is 3. The highest BCUT2D eigenvalue weighted by atomic mass is 35.5. The number of aliphatic hydroxyl groups excluding tert-OH is 1. The zero-order valence-corrected chi connectivity index (χ0v) is 17.6. The molecule has 1 aliphatic rings. The van der Waals surface area contributed by atoms with Crippen molar-refractivity contribution in [3.63, 3.8) is 0 Å². The molecule has 0 radical (unpaired) electrons. The fourth-order valence-corrected chi connectivity index (χ4v) is 4.02. The molecule has 4 rings (SSSR count). The Morgan fingerprint density at radius 1 is 1.28 bits per heavy atom. The maximum Gasteiger partial charge on any atom is 0.573 e. The first-order chi connectivity index (χ1) is 15.2. The number of aromatic nitrogens is 4. The molecule has 0 amide bonds. The summed E-state index contributed by atoms with van der Waals surface area (Å²) in [5.74, 6) is 0.226. The summed E-state index contributed by atoms with van der Waals surface area (Å²) in [5.41, 5.74) is 0.114. The Hall–Kier alpha value is -2.79. The standard InChI is InChI=1S/C20H21ClF3N5O3/c21-13-3-6-16(32-20(22,23)24)12(7-13)10-29-17-15(27-19(29)31)9-26-18(28-17)25-8-11-1-4-14(30)5-2-11/h3,6-7,9,11,14,30H,1-2,4-5,8,10H2,(H,27,31)(H,25,26,28). The van der Waals surface area contributed by atoms with Crippen molar-refractivity contribution in [1.29, 1.82) is 0 Å². The molecule has 0 unspecified atom stereocenters. The van der Waals surface area contributed by atoms with Crippen LogP contribution in [0.2, 0.25) is 5.02 Å². The van der Waals surface area contributed by atoms with Crippen molar-refractivity contribution in [2.45, 2.75) is 44.7 Å². The summed E-state index contributed by atoms with van der Waals surface area (Å²) >= 11 is 5.95. The van der Waals surface area contributed by atoms with Gasteiger partial charge in [0.05, 0.1) is 18.8 Å². The van der Waals surface area contributed by atoms with E-state index in [0.717, 1.165) is 31.7 Å². The molecule has 0 spiro atoms. The molecule has 0 aliphatic heterocycles. The third-order valence-electron chi connectivity index (χ3n) is 5.45. The topological polar surface area (TPSA) is 105 Å². The van der Waals surface area contributed by atoms with Crippen LogP contribution in [-0.4, -0.2) is 43.6 Å². The summed E-state index contributed by atoms with van der Waals surface area (Å²) in [6.45, 7) is 0.381. The van der Waals surface area contributed by atoms with Gasteiger partial charge in [0.25, 0.3) is 0 Å².